The van der Waals surface area contributed by atoms with Crippen molar-refractivity contribution in [2.45, 2.75) is 57.7 Å². The van der Waals surface area contributed by atoms with Crippen LogP contribution >= 0.6 is 0 Å². The molecule has 9 heteroatoms. The molecule has 0 radical (unpaired) electrons. The van der Waals surface area contributed by atoms with Gasteiger partial charge < -0.3 is 23.3 Å². The van der Waals surface area contributed by atoms with E-state index in [0.29, 0.717) is 32.0 Å². The lowest BCUT2D eigenvalue weighted by atomic mass is 10.2. The first-order chi connectivity index (χ1) is 11.7. The van der Waals surface area contributed by atoms with Crippen LogP contribution in [0.15, 0.2) is 0 Å². The van der Waals surface area contributed by atoms with Crippen LogP contribution in [0.25, 0.3) is 0 Å². The zero-order chi connectivity index (χ0) is 19.1. The van der Waals surface area contributed by atoms with Crippen LogP contribution in [0.1, 0.15) is 40.0 Å². The number of nitrogens with zero attached hydrogens (tertiary/aromatic N) is 1. The van der Waals surface area contributed by atoms with E-state index in [1.54, 1.807) is 21.3 Å². The van der Waals surface area contributed by atoms with Crippen LogP contribution < -0.4 is 5.32 Å². The van der Waals surface area contributed by atoms with Gasteiger partial charge in [0, 0.05) is 40.5 Å². The number of nitrogens with one attached hydrogen (secondary N) is 1. The summed E-state index contributed by atoms with van der Waals surface area (Å²) in [5.41, 5.74) is -0.574. The molecule has 0 aliphatic carbocycles. The Morgan fingerprint density at radius 1 is 1.16 bits per heavy atom. The summed E-state index contributed by atoms with van der Waals surface area (Å²) in [6, 6.07) is 0.140. The smallest absolute Gasteiger partial charge is 0.444 e. The van der Waals surface area contributed by atoms with Gasteiger partial charge in [0.1, 0.15) is 11.6 Å². The summed E-state index contributed by atoms with van der Waals surface area (Å²) in [4.78, 5) is 26.2. The number of ether oxygens (including phenoxy) is 1. The van der Waals surface area contributed by atoms with Crippen molar-refractivity contribution < 1.29 is 27.6 Å². The number of hydrogen-bond donors (Lipinski definition) is 1. The summed E-state index contributed by atoms with van der Waals surface area (Å²) in [6.07, 6.45) is 1.68. The maximum Gasteiger partial charge on any atom is 0.500 e. The highest BCUT2D eigenvalue weighted by molar-refractivity contribution is 6.60. The number of amides is 2. The molecule has 2 amide bonds. The maximum absolute atomic E-state index is 12.4. The van der Waals surface area contributed by atoms with E-state index in [9.17, 15) is 9.59 Å². The Hall–Kier alpha value is -1.16. The molecule has 1 atom stereocenters. The third kappa shape index (κ3) is 6.57. The van der Waals surface area contributed by atoms with E-state index in [4.69, 9.17) is 18.0 Å². The number of likely N-dealkylation sites (tertiary alicyclic amines) is 1. The van der Waals surface area contributed by atoms with Crippen molar-refractivity contribution in [2.24, 2.45) is 0 Å². The molecule has 1 fully saturated rings. The molecular formula is C16H32N2O6Si. The van der Waals surface area contributed by atoms with E-state index < -0.39 is 26.5 Å². The van der Waals surface area contributed by atoms with Crippen LogP contribution in [0.4, 0.5) is 4.79 Å². The van der Waals surface area contributed by atoms with Crippen LogP contribution in [0.5, 0.6) is 0 Å². The summed E-state index contributed by atoms with van der Waals surface area (Å²) in [5.74, 6) is -0.150. The van der Waals surface area contributed by atoms with Crippen molar-refractivity contribution in [3.05, 3.63) is 0 Å². The van der Waals surface area contributed by atoms with Gasteiger partial charge in [-0.25, -0.2) is 4.79 Å². The fourth-order valence-electron chi connectivity index (χ4n) is 2.77. The largest absolute Gasteiger partial charge is 0.500 e. The fraction of sp³-hybridized carbons (Fsp3) is 0.875. The molecule has 1 unspecified atom stereocenters. The van der Waals surface area contributed by atoms with Gasteiger partial charge in [-0.15, -0.1) is 0 Å². The minimum Gasteiger partial charge on any atom is -0.444 e. The van der Waals surface area contributed by atoms with Gasteiger partial charge in [0.05, 0.1) is 0 Å². The molecule has 0 spiro atoms. The molecule has 8 nitrogen and oxygen atoms in total. The molecule has 1 rings (SSSR count). The van der Waals surface area contributed by atoms with Crippen molar-refractivity contribution in [2.75, 3.05) is 34.4 Å². The van der Waals surface area contributed by atoms with Crippen molar-refractivity contribution in [3.8, 4) is 0 Å². The van der Waals surface area contributed by atoms with Crippen LogP contribution in [-0.2, 0) is 22.8 Å². The first-order valence-electron chi connectivity index (χ1n) is 8.61. The highest BCUT2D eigenvalue weighted by Gasteiger charge is 2.38. The molecule has 1 saturated heterocycles. The van der Waals surface area contributed by atoms with Crippen molar-refractivity contribution in [1.29, 1.82) is 0 Å². The molecule has 0 saturated carbocycles. The van der Waals surface area contributed by atoms with Crippen LogP contribution in [0.2, 0.25) is 6.04 Å². The van der Waals surface area contributed by atoms with Gasteiger partial charge in [-0.05, 0) is 40.0 Å². The fourth-order valence-corrected chi connectivity index (χ4v) is 4.49. The third-order valence-electron chi connectivity index (χ3n) is 4.08. The average Bonchev–Trinajstić information content (AvgIpc) is 3.04. The van der Waals surface area contributed by atoms with E-state index in [-0.39, 0.29) is 5.91 Å². The van der Waals surface area contributed by atoms with Gasteiger partial charge in [0.15, 0.2) is 0 Å². The molecule has 0 bridgehead atoms. The summed E-state index contributed by atoms with van der Waals surface area (Å²) in [5, 5.41) is 2.88. The van der Waals surface area contributed by atoms with Crippen LogP contribution in [0.3, 0.4) is 0 Å². The molecule has 25 heavy (non-hydrogen) atoms. The topological polar surface area (TPSA) is 86.3 Å². The highest BCUT2D eigenvalue weighted by Crippen LogP contribution is 2.21. The second kappa shape index (κ2) is 9.51. The van der Waals surface area contributed by atoms with E-state index in [0.717, 1.165) is 6.42 Å². The second-order valence-electron chi connectivity index (χ2n) is 7.02. The van der Waals surface area contributed by atoms with Gasteiger partial charge in [0.2, 0.25) is 5.91 Å². The van der Waals surface area contributed by atoms with E-state index in [1.165, 1.54) is 4.90 Å². The molecule has 0 aromatic carbocycles. The number of carbonyl (C=O) groups is 2. The lowest BCUT2D eigenvalue weighted by Gasteiger charge is -2.28. The van der Waals surface area contributed by atoms with Gasteiger partial charge >= 0.3 is 14.9 Å². The maximum atomic E-state index is 12.4. The molecule has 1 N–H and O–H groups in total. The van der Waals surface area contributed by atoms with E-state index >= 15 is 0 Å². The SMILES string of the molecule is CO[Si](CCCNC(=O)C1CCCN1C(=O)OC(C)(C)C)(OC)OC. The average molecular weight is 377 g/mol. The van der Waals surface area contributed by atoms with Crippen molar-refractivity contribution >= 4 is 20.8 Å². The normalized spacial score (nSPS) is 18.3. The quantitative estimate of drug-likeness (QED) is 0.513. The molecule has 146 valence electrons. The minimum atomic E-state index is -2.61. The Labute approximate surface area is 151 Å². The van der Waals surface area contributed by atoms with E-state index in [1.807, 2.05) is 20.8 Å². The first kappa shape index (κ1) is 21.9. The third-order valence-corrected chi connectivity index (χ3v) is 6.91. The predicted octanol–water partition coefficient (Wildman–Crippen LogP) is 1.77. The van der Waals surface area contributed by atoms with Gasteiger partial charge in [-0.3, -0.25) is 9.69 Å². The van der Waals surface area contributed by atoms with E-state index in [2.05, 4.69) is 5.32 Å². The van der Waals surface area contributed by atoms with Gasteiger partial charge in [-0.1, -0.05) is 0 Å². The molecule has 1 heterocycles. The summed E-state index contributed by atoms with van der Waals surface area (Å²) in [7, 11) is 2.08. The minimum absolute atomic E-state index is 0.150. The molecular weight excluding hydrogens is 344 g/mol. The Morgan fingerprint density at radius 3 is 2.28 bits per heavy atom. The number of carbonyl (C=O) groups excluding carboxylic acids is 2. The summed E-state index contributed by atoms with van der Waals surface area (Å²) in [6.45, 7) is 6.46. The van der Waals surface area contributed by atoms with Crippen molar-refractivity contribution in [3.63, 3.8) is 0 Å². The Kier molecular flexibility index (Phi) is 8.32. The summed E-state index contributed by atoms with van der Waals surface area (Å²) < 4.78 is 21.4. The second-order valence-corrected chi connectivity index (χ2v) is 10.1. The Morgan fingerprint density at radius 2 is 1.76 bits per heavy atom. The Bertz CT molecular complexity index is 442. The lowest BCUT2D eigenvalue weighted by molar-refractivity contribution is -0.125. The molecule has 1 aliphatic rings. The van der Waals surface area contributed by atoms with Crippen molar-refractivity contribution in [1.82, 2.24) is 10.2 Å². The monoisotopic (exact) mass is 376 g/mol. The number of hydrogen-bond acceptors (Lipinski definition) is 6. The zero-order valence-corrected chi connectivity index (χ0v) is 17.2. The molecule has 0 aromatic rings. The molecule has 1 aliphatic heterocycles. The standard InChI is InChI=1S/C16H32N2O6Si/c1-16(2,3)24-15(20)18-11-7-9-13(18)14(19)17-10-8-12-25(21-4,22-5)23-6/h13H,7-12H2,1-6H3,(H,17,19). The molecule has 0 aromatic heterocycles. The zero-order valence-electron chi connectivity index (χ0n) is 16.2. The predicted molar refractivity (Wildman–Crippen MR) is 95.2 cm³/mol. The van der Waals surface area contributed by atoms with Gasteiger partial charge in [-0.2, -0.15) is 0 Å². The lowest BCUT2D eigenvalue weighted by Crippen LogP contribution is -2.48. The van der Waals surface area contributed by atoms with Crippen LogP contribution in [-0.4, -0.2) is 71.8 Å². The highest BCUT2D eigenvalue weighted by atomic mass is 28.4. The Balaban J connectivity index is 2.47. The first-order valence-corrected chi connectivity index (χ1v) is 10.5. The van der Waals surface area contributed by atoms with Crippen LogP contribution in [0, 0.1) is 0 Å². The summed E-state index contributed by atoms with van der Waals surface area (Å²) >= 11 is 0. The number of rotatable bonds is 8. The van der Waals surface area contributed by atoms with Gasteiger partial charge in [0.25, 0.3) is 0 Å².